The lowest BCUT2D eigenvalue weighted by atomic mass is 9.98. The third-order valence-corrected chi connectivity index (χ3v) is 3.40. The van der Waals surface area contributed by atoms with Gasteiger partial charge in [0.2, 0.25) is 0 Å². The van der Waals surface area contributed by atoms with E-state index in [4.69, 9.17) is 5.73 Å². The van der Waals surface area contributed by atoms with Crippen LogP contribution in [-0.4, -0.2) is 36.9 Å². The van der Waals surface area contributed by atoms with Gasteiger partial charge in [-0.1, -0.05) is 30.3 Å². The van der Waals surface area contributed by atoms with Crippen molar-refractivity contribution in [3.63, 3.8) is 0 Å². The van der Waals surface area contributed by atoms with Gasteiger partial charge in [-0.25, -0.2) is 0 Å². The summed E-state index contributed by atoms with van der Waals surface area (Å²) in [6.07, 6.45) is 2.36. The maximum absolute atomic E-state index is 12.0. The average Bonchev–Trinajstić information content (AvgIpc) is 2.40. The Balaban J connectivity index is 1.90. The Hall–Kier alpha value is -1.19. The zero-order chi connectivity index (χ0) is 12.1. The van der Waals surface area contributed by atoms with E-state index in [1.807, 2.05) is 30.3 Å². The smallest absolute Gasteiger partial charge is 0.176 e. The molecule has 1 heterocycles. The molecule has 1 fully saturated rings. The van der Waals surface area contributed by atoms with Crippen LogP contribution in [0.15, 0.2) is 30.3 Å². The molecule has 0 saturated carbocycles. The molecule has 1 atom stereocenters. The first-order chi connectivity index (χ1) is 8.29. The second kappa shape index (κ2) is 5.94. The van der Waals surface area contributed by atoms with E-state index in [0.29, 0.717) is 12.5 Å². The van der Waals surface area contributed by atoms with Gasteiger partial charge < -0.3 is 5.73 Å². The van der Waals surface area contributed by atoms with Crippen molar-refractivity contribution in [2.45, 2.75) is 12.8 Å². The van der Waals surface area contributed by atoms with Crippen molar-refractivity contribution in [3.8, 4) is 0 Å². The van der Waals surface area contributed by atoms with E-state index in [1.165, 1.54) is 6.42 Å². The highest BCUT2D eigenvalue weighted by atomic mass is 16.1. The SMILES string of the molecule is NC[C@H]1CCCN(CC(=O)c2ccccc2)C1. The van der Waals surface area contributed by atoms with Gasteiger partial charge in [0.25, 0.3) is 0 Å². The summed E-state index contributed by atoms with van der Waals surface area (Å²) in [5, 5.41) is 0. The number of ketones is 1. The molecular weight excluding hydrogens is 212 g/mol. The molecule has 0 aromatic heterocycles. The molecule has 1 saturated heterocycles. The Morgan fingerprint density at radius 1 is 1.35 bits per heavy atom. The Kier molecular flexibility index (Phi) is 4.29. The van der Waals surface area contributed by atoms with Crippen LogP contribution < -0.4 is 5.73 Å². The summed E-state index contributed by atoms with van der Waals surface area (Å²) in [6.45, 7) is 3.25. The van der Waals surface area contributed by atoms with Gasteiger partial charge in [0.1, 0.15) is 0 Å². The van der Waals surface area contributed by atoms with Gasteiger partial charge in [-0.3, -0.25) is 9.69 Å². The van der Waals surface area contributed by atoms with Crippen LogP contribution >= 0.6 is 0 Å². The van der Waals surface area contributed by atoms with E-state index in [-0.39, 0.29) is 5.78 Å². The second-order valence-corrected chi connectivity index (χ2v) is 4.77. The maximum atomic E-state index is 12.0. The number of hydrogen-bond donors (Lipinski definition) is 1. The fraction of sp³-hybridized carbons (Fsp3) is 0.500. The Labute approximate surface area is 103 Å². The topological polar surface area (TPSA) is 46.3 Å². The van der Waals surface area contributed by atoms with Crippen molar-refractivity contribution in [1.82, 2.24) is 4.90 Å². The number of benzene rings is 1. The predicted molar refractivity (Wildman–Crippen MR) is 69.0 cm³/mol. The quantitative estimate of drug-likeness (QED) is 0.801. The molecule has 3 heteroatoms. The summed E-state index contributed by atoms with van der Waals surface area (Å²) in [5.41, 5.74) is 6.50. The lowest BCUT2D eigenvalue weighted by molar-refractivity contribution is 0.0889. The van der Waals surface area contributed by atoms with Crippen molar-refractivity contribution >= 4 is 5.78 Å². The number of carbonyl (C=O) groups excluding carboxylic acids is 1. The fourth-order valence-corrected chi connectivity index (χ4v) is 2.41. The van der Waals surface area contributed by atoms with Crippen LogP contribution in [0.2, 0.25) is 0 Å². The molecule has 2 N–H and O–H groups in total. The van der Waals surface area contributed by atoms with E-state index < -0.39 is 0 Å². The molecule has 17 heavy (non-hydrogen) atoms. The molecule has 1 aromatic rings. The first-order valence-electron chi connectivity index (χ1n) is 6.30. The van der Waals surface area contributed by atoms with Crippen LogP contribution in [0.25, 0.3) is 0 Å². The number of rotatable bonds is 4. The number of carbonyl (C=O) groups is 1. The van der Waals surface area contributed by atoms with Crippen LogP contribution in [0, 0.1) is 5.92 Å². The number of nitrogens with zero attached hydrogens (tertiary/aromatic N) is 1. The first kappa shape index (κ1) is 12.3. The predicted octanol–water partition coefficient (Wildman–Crippen LogP) is 1.54. The lowest BCUT2D eigenvalue weighted by Crippen LogP contribution is -2.41. The van der Waals surface area contributed by atoms with Crippen molar-refractivity contribution in [3.05, 3.63) is 35.9 Å². The molecule has 0 bridgehead atoms. The van der Waals surface area contributed by atoms with E-state index in [9.17, 15) is 4.79 Å². The van der Waals surface area contributed by atoms with E-state index in [2.05, 4.69) is 4.90 Å². The molecule has 3 nitrogen and oxygen atoms in total. The largest absolute Gasteiger partial charge is 0.330 e. The zero-order valence-corrected chi connectivity index (χ0v) is 10.1. The monoisotopic (exact) mass is 232 g/mol. The number of nitrogens with two attached hydrogens (primary N) is 1. The number of hydrogen-bond acceptors (Lipinski definition) is 3. The molecule has 0 radical (unpaired) electrons. The van der Waals surface area contributed by atoms with E-state index >= 15 is 0 Å². The summed E-state index contributed by atoms with van der Waals surface area (Å²) < 4.78 is 0. The highest BCUT2D eigenvalue weighted by Gasteiger charge is 2.20. The molecule has 2 rings (SSSR count). The van der Waals surface area contributed by atoms with Crippen LogP contribution in [0.4, 0.5) is 0 Å². The van der Waals surface area contributed by atoms with Crippen LogP contribution in [-0.2, 0) is 0 Å². The summed E-state index contributed by atoms with van der Waals surface area (Å²) in [7, 11) is 0. The minimum absolute atomic E-state index is 0.211. The molecule has 92 valence electrons. The van der Waals surface area contributed by atoms with Crippen molar-refractivity contribution in [2.24, 2.45) is 11.7 Å². The minimum Gasteiger partial charge on any atom is -0.330 e. The third kappa shape index (κ3) is 3.38. The number of likely N-dealkylation sites (tertiary alicyclic amines) is 1. The maximum Gasteiger partial charge on any atom is 0.176 e. The zero-order valence-electron chi connectivity index (χ0n) is 10.1. The average molecular weight is 232 g/mol. The first-order valence-corrected chi connectivity index (χ1v) is 6.30. The Morgan fingerprint density at radius 2 is 2.12 bits per heavy atom. The van der Waals surface area contributed by atoms with Crippen molar-refractivity contribution in [1.29, 1.82) is 0 Å². The lowest BCUT2D eigenvalue weighted by Gasteiger charge is -2.31. The summed E-state index contributed by atoms with van der Waals surface area (Å²) >= 11 is 0. The van der Waals surface area contributed by atoms with Gasteiger partial charge in [0.15, 0.2) is 5.78 Å². The van der Waals surface area contributed by atoms with E-state index in [1.54, 1.807) is 0 Å². The second-order valence-electron chi connectivity index (χ2n) is 4.77. The van der Waals surface area contributed by atoms with Gasteiger partial charge in [0.05, 0.1) is 6.54 Å². The van der Waals surface area contributed by atoms with E-state index in [0.717, 1.165) is 31.6 Å². The minimum atomic E-state index is 0.211. The van der Waals surface area contributed by atoms with Gasteiger partial charge in [0, 0.05) is 12.1 Å². The summed E-state index contributed by atoms with van der Waals surface area (Å²) in [5.74, 6) is 0.774. The summed E-state index contributed by atoms with van der Waals surface area (Å²) in [4.78, 5) is 14.3. The molecule has 1 aliphatic heterocycles. The van der Waals surface area contributed by atoms with Gasteiger partial charge in [-0.2, -0.15) is 0 Å². The highest BCUT2D eigenvalue weighted by Crippen LogP contribution is 2.15. The molecule has 0 unspecified atom stereocenters. The molecule has 0 spiro atoms. The molecule has 1 aliphatic rings. The van der Waals surface area contributed by atoms with Gasteiger partial charge in [-0.15, -0.1) is 0 Å². The molecule has 0 aliphatic carbocycles. The van der Waals surface area contributed by atoms with Crippen molar-refractivity contribution in [2.75, 3.05) is 26.2 Å². The van der Waals surface area contributed by atoms with Crippen LogP contribution in [0.1, 0.15) is 23.2 Å². The fourth-order valence-electron chi connectivity index (χ4n) is 2.41. The number of piperidine rings is 1. The molecule has 0 amide bonds. The third-order valence-electron chi connectivity index (χ3n) is 3.40. The van der Waals surface area contributed by atoms with Crippen LogP contribution in [0.5, 0.6) is 0 Å². The standard InChI is InChI=1S/C14H20N2O/c15-9-12-5-4-8-16(10-12)11-14(17)13-6-2-1-3-7-13/h1-3,6-7,12H,4-5,8-11,15H2/t12-/m1/s1. The van der Waals surface area contributed by atoms with Gasteiger partial charge >= 0.3 is 0 Å². The van der Waals surface area contributed by atoms with Crippen LogP contribution in [0.3, 0.4) is 0 Å². The van der Waals surface area contributed by atoms with Gasteiger partial charge in [-0.05, 0) is 31.8 Å². The highest BCUT2D eigenvalue weighted by molar-refractivity contribution is 5.97. The summed E-state index contributed by atoms with van der Waals surface area (Å²) in [6, 6.07) is 9.51. The molecular formula is C14H20N2O. The van der Waals surface area contributed by atoms with Crippen molar-refractivity contribution < 1.29 is 4.79 Å². The normalized spacial score (nSPS) is 21.4. The number of Topliss-reactive ketones (excluding diaryl/α,β-unsaturated/α-hetero) is 1. The Morgan fingerprint density at radius 3 is 2.82 bits per heavy atom. The Bertz CT molecular complexity index is 364. The molecule has 1 aromatic carbocycles.